The van der Waals surface area contributed by atoms with Crippen molar-refractivity contribution < 1.29 is 23.9 Å². The number of benzene rings is 3. The number of rotatable bonds is 8. The quantitative estimate of drug-likeness (QED) is 0.426. The summed E-state index contributed by atoms with van der Waals surface area (Å²) in [5.74, 6) is -0.807. The van der Waals surface area contributed by atoms with Crippen molar-refractivity contribution in [2.45, 2.75) is 11.6 Å². The predicted molar refractivity (Wildman–Crippen MR) is 121 cm³/mol. The molecule has 1 heterocycles. The summed E-state index contributed by atoms with van der Waals surface area (Å²) in [6.07, 6.45) is 0. The first-order chi connectivity index (χ1) is 16.1. The molecule has 7 nitrogen and oxygen atoms in total. The number of ether oxygens (including phenoxy) is 2. The smallest absolute Gasteiger partial charge is 0.341 e. The van der Waals surface area contributed by atoms with Crippen LogP contribution in [-0.2, 0) is 24.7 Å². The lowest BCUT2D eigenvalue weighted by Crippen LogP contribution is -2.72. The number of hydrogen-bond acceptors (Lipinski definition) is 5. The number of para-hydroxylation sites is 1. The second-order valence-corrected chi connectivity index (χ2v) is 7.60. The van der Waals surface area contributed by atoms with E-state index in [1.54, 1.807) is 72.8 Å². The van der Waals surface area contributed by atoms with Gasteiger partial charge in [0.1, 0.15) is 11.8 Å². The van der Waals surface area contributed by atoms with Crippen LogP contribution in [0.15, 0.2) is 91.0 Å². The van der Waals surface area contributed by atoms with Gasteiger partial charge in [0.15, 0.2) is 12.1 Å². The van der Waals surface area contributed by atoms with E-state index in [-0.39, 0.29) is 19.1 Å². The molecule has 0 aliphatic carbocycles. The molecule has 2 amide bonds. The first kappa shape index (κ1) is 22.1. The lowest BCUT2D eigenvalue weighted by atomic mass is 9.78. The maximum Gasteiger partial charge on any atom is 0.341 e. The molecule has 33 heavy (non-hydrogen) atoms. The fraction of sp³-hybridized carbons (Fsp3) is 0.192. The average Bonchev–Trinajstić information content (AvgIpc) is 2.88. The van der Waals surface area contributed by atoms with Crippen molar-refractivity contribution in [2.24, 2.45) is 0 Å². The van der Waals surface area contributed by atoms with Gasteiger partial charge in [-0.2, -0.15) is 0 Å². The second-order valence-electron chi connectivity index (χ2n) is 7.60. The van der Waals surface area contributed by atoms with Gasteiger partial charge in [0.25, 0.3) is 5.91 Å². The Morgan fingerprint density at radius 1 is 0.909 bits per heavy atom. The summed E-state index contributed by atoms with van der Waals surface area (Å²) in [5, 5.41) is 2.69. The molecular weight excluding hydrogens is 420 g/mol. The minimum absolute atomic E-state index is 0.148. The fourth-order valence-corrected chi connectivity index (χ4v) is 4.07. The van der Waals surface area contributed by atoms with Gasteiger partial charge in [0, 0.05) is 0 Å². The number of likely N-dealkylation sites (tertiary alicyclic amines) is 1. The van der Waals surface area contributed by atoms with Crippen molar-refractivity contribution >= 4 is 17.8 Å². The minimum Gasteiger partial charge on any atom is -0.484 e. The predicted octanol–water partition coefficient (Wildman–Crippen LogP) is 2.51. The number of hydrogen-bond donors (Lipinski definition) is 1. The van der Waals surface area contributed by atoms with Crippen molar-refractivity contribution in [3.8, 4) is 5.75 Å². The Morgan fingerprint density at radius 2 is 1.42 bits per heavy atom. The van der Waals surface area contributed by atoms with Crippen molar-refractivity contribution in [1.82, 2.24) is 10.2 Å². The molecule has 4 rings (SSSR count). The largest absolute Gasteiger partial charge is 0.484 e. The summed E-state index contributed by atoms with van der Waals surface area (Å²) in [6.45, 7) is -0.0674. The molecule has 0 bridgehead atoms. The van der Waals surface area contributed by atoms with Gasteiger partial charge in [0.05, 0.1) is 13.7 Å². The molecule has 3 aromatic carbocycles. The molecule has 1 saturated heterocycles. The molecule has 1 aliphatic heterocycles. The van der Waals surface area contributed by atoms with E-state index in [2.05, 4.69) is 5.32 Å². The summed E-state index contributed by atoms with van der Waals surface area (Å²) < 4.78 is 10.6. The lowest BCUT2D eigenvalue weighted by Gasteiger charge is -2.50. The van der Waals surface area contributed by atoms with E-state index in [0.717, 1.165) is 0 Å². The van der Waals surface area contributed by atoms with Gasteiger partial charge in [-0.25, -0.2) is 4.79 Å². The molecule has 3 aromatic rings. The molecule has 0 radical (unpaired) electrons. The number of β-lactam (4-membered cyclic amide) rings is 1. The van der Waals surface area contributed by atoms with Crippen LogP contribution < -0.4 is 10.1 Å². The van der Waals surface area contributed by atoms with Gasteiger partial charge in [-0.3, -0.25) is 9.59 Å². The summed E-state index contributed by atoms with van der Waals surface area (Å²) in [7, 11) is 1.30. The number of carbonyl (C=O) groups is 3. The van der Waals surface area contributed by atoms with Gasteiger partial charge in [-0.1, -0.05) is 78.9 Å². The van der Waals surface area contributed by atoms with E-state index in [1.165, 1.54) is 12.0 Å². The third kappa shape index (κ3) is 4.17. The van der Waals surface area contributed by atoms with Gasteiger partial charge in [-0.05, 0) is 23.3 Å². The molecule has 1 atom stereocenters. The maximum absolute atomic E-state index is 13.3. The zero-order chi connectivity index (χ0) is 23.3. The van der Waals surface area contributed by atoms with Crippen LogP contribution in [0.4, 0.5) is 0 Å². The van der Waals surface area contributed by atoms with Gasteiger partial charge in [-0.15, -0.1) is 0 Å². The number of carbonyl (C=O) groups excluding carboxylic acids is 3. The molecule has 1 fully saturated rings. The van der Waals surface area contributed by atoms with Gasteiger partial charge >= 0.3 is 5.97 Å². The second kappa shape index (κ2) is 9.56. The maximum atomic E-state index is 13.3. The average molecular weight is 444 g/mol. The summed E-state index contributed by atoms with van der Waals surface area (Å²) in [6, 6.07) is 26.2. The Kier molecular flexibility index (Phi) is 6.40. The first-order valence-corrected chi connectivity index (χ1v) is 10.6. The van der Waals surface area contributed by atoms with Crippen LogP contribution >= 0.6 is 0 Å². The normalized spacial score (nSPS) is 15.4. The van der Waals surface area contributed by atoms with E-state index in [0.29, 0.717) is 16.9 Å². The van der Waals surface area contributed by atoms with Crippen LogP contribution in [-0.4, -0.2) is 49.0 Å². The molecule has 1 N–H and O–H groups in total. The van der Waals surface area contributed by atoms with E-state index in [1.807, 2.05) is 18.2 Å². The zero-order valence-corrected chi connectivity index (χ0v) is 18.1. The van der Waals surface area contributed by atoms with E-state index in [4.69, 9.17) is 9.47 Å². The van der Waals surface area contributed by atoms with Crippen LogP contribution in [0.2, 0.25) is 0 Å². The number of nitrogens with zero attached hydrogens (tertiary/aromatic N) is 1. The van der Waals surface area contributed by atoms with Crippen molar-refractivity contribution in [1.29, 1.82) is 0 Å². The van der Waals surface area contributed by atoms with Crippen LogP contribution in [0, 0.1) is 0 Å². The Morgan fingerprint density at radius 3 is 1.91 bits per heavy atom. The Labute approximate surface area is 191 Å². The Hall–Kier alpha value is -4.13. The number of methoxy groups -OCH3 is 1. The SMILES string of the molecule is COC(=O)C(c1ccccc1)(c1ccccc1)N1CC(NC(=O)COc2ccccc2)C1=O. The molecule has 0 aromatic heterocycles. The van der Waals surface area contributed by atoms with Crippen LogP contribution in [0.3, 0.4) is 0 Å². The Bertz CT molecular complexity index is 1080. The van der Waals surface area contributed by atoms with E-state index < -0.39 is 23.5 Å². The molecule has 1 aliphatic rings. The molecular formula is C26H24N2O5. The van der Waals surface area contributed by atoms with Crippen LogP contribution in [0.5, 0.6) is 5.75 Å². The summed E-state index contributed by atoms with van der Waals surface area (Å²) >= 11 is 0. The third-order valence-corrected chi connectivity index (χ3v) is 5.65. The minimum atomic E-state index is -1.46. The topological polar surface area (TPSA) is 84.9 Å². The highest BCUT2D eigenvalue weighted by atomic mass is 16.5. The molecule has 0 spiro atoms. The fourth-order valence-electron chi connectivity index (χ4n) is 4.07. The highest BCUT2D eigenvalue weighted by Crippen LogP contribution is 2.40. The van der Waals surface area contributed by atoms with Gasteiger partial charge < -0.3 is 19.7 Å². The summed E-state index contributed by atoms with van der Waals surface area (Å²) in [5.41, 5.74) is -0.252. The highest BCUT2D eigenvalue weighted by Gasteiger charge is 2.57. The molecule has 7 heteroatoms. The molecule has 1 unspecified atom stereocenters. The van der Waals surface area contributed by atoms with Crippen LogP contribution in [0.1, 0.15) is 11.1 Å². The monoisotopic (exact) mass is 444 g/mol. The number of amides is 2. The highest BCUT2D eigenvalue weighted by molar-refractivity contribution is 5.99. The summed E-state index contributed by atoms with van der Waals surface area (Å²) in [4.78, 5) is 40.3. The van der Waals surface area contributed by atoms with Crippen molar-refractivity contribution in [2.75, 3.05) is 20.3 Å². The third-order valence-electron chi connectivity index (χ3n) is 5.65. The molecule has 0 saturated carbocycles. The van der Waals surface area contributed by atoms with Crippen molar-refractivity contribution in [3.63, 3.8) is 0 Å². The first-order valence-electron chi connectivity index (χ1n) is 10.6. The standard InChI is InChI=1S/C26H24N2O5/c1-32-25(31)26(19-11-5-2-6-12-19,20-13-7-3-8-14-20)28-17-22(24(28)30)27-23(29)18-33-21-15-9-4-10-16-21/h2-16,22H,17-18H2,1H3,(H,27,29). The number of esters is 1. The van der Waals surface area contributed by atoms with E-state index >= 15 is 0 Å². The zero-order valence-electron chi connectivity index (χ0n) is 18.1. The van der Waals surface area contributed by atoms with Crippen LogP contribution in [0.25, 0.3) is 0 Å². The van der Waals surface area contributed by atoms with Crippen molar-refractivity contribution in [3.05, 3.63) is 102 Å². The van der Waals surface area contributed by atoms with E-state index in [9.17, 15) is 14.4 Å². The Balaban J connectivity index is 1.56. The number of nitrogens with one attached hydrogen (secondary N) is 1. The lowest BCUT2D eigenvalue weighted by molar-refractivity contribution is -0.169. The van der Waals surface area contributed by atoms with Gasteiger partial charge in [0.2, 0.25) is 5.91 Å². The molecule has 168 valence electrons.